The Morgan fingerprint density at radius 2 is 1.76 bits per heavy atom. The van der Waals surface area contributed by atoms with Crippen LogP contribution in [0.15, 0.2) is 59.7 Å². The zero-order valence-corrected chi connectivity index (χ0v) is 24.5. The highest BCUT2D eigenvalue weighted by Crippen LogP contribution is 2.28. The molecule has 1 amide bonds. The van der Waals surface area contributed by atoms with Gasteiger partial charge in [-0.05, 0) is 53.8 Å². The molecule has 1 aliphatic carbocycles. The third-order valence-electron chi connectivity index (χ3n) is 8.15. The van der Waals surface area contributed by atoms with Gasteiger partial charge in [0.1, 0.15) is 12.4 Å². The van der Waals surface area contributed by atoms with E-state index in [1.54, 1.807) is 29.1 Å². The van der Waals surface area contributed by atoms with Crippen molar-refractivity contribution in [3.63, 3.8) is 0 Å². The normalized spacial score (nSPS) is 17.9. The molecule has 2 aromatic heterocycles. The first-order valence-electron chi connectivity index (χ1n) is 14.6. The van der Waals surface area contributed by atoms with Gasteiger partial charge >= 0.3 is 0 Å². The van der Waals surface area contributed by atoms with Gasteiger partial charge in [0.05, 0.1) is 30.5 Å². The first-order chi connectivity index (χ1) is 20.5. The molecule has 0 spiro atoms. The standard InChI is InChI=1S/C32H36ClN5O4/c33-27-4-5-28(34-20-27)23-42-30-7-8-38(31(39)19-30)29-6-3-25-17-24(1-2-26(25)18-29)21-35-9-11-36(12-10-35)22-32(40)37-13-15-41-16-14-37/h1-2,4-5,7-8,17-20H,3,6,9-16,21-23H2. The smallest absolute Gasteiger partial charge is 0.258 e. The molecule has 4 heterocycles. The van der Waals surface area contributed by atoms with E-state index in [-0.39, 0.29) is 18.1 Å². The number of aryl methyl sites for hydroxylation is 1. The number of rotatable bonds is 8. The summed E-state index contributed by atoms with van der Waals surface area (Å²) in [4.78, 5) is 36.4. The zero-order valence-electron chi connectivity index (χ0n) is 23.7. The predicted molar refractivity (Wildman–Crippen MR) is 162 cm³/mol. The van der Waals surface area contributed by atoms with Crippen LogP contribution in [-0.4, -0.2) is 89.2 Å². The van der Waals surface area contributed by atoms with E-state index >= 15 is 0 Å². The van der Waals surface area contributed by atoms with Gasteiger partial charge in [-0.25, -0.2) is 0 Å². The van der Waals surface area contributed by atoms with Crippen molar-refractivity contribution >= 4 is 29.3 Å². The maximum Gasteiger partial charge on any atom is 0.258 e. The number of halogens is 1. The van der Waals surface area contributed by atoms with Crippen LogP contribution in [0.3, 0.4) is 0 Å². The van der Waals surface area contributed by atoms with Gasteiger partial charge in [0, 0.05) is 70.0 Å². The predicted octanol–water partition coefficient (Wildman–Crippen LogP) is 3.40. The maximum absolute atomic E-state index is 12.9. The summed E-state index contributed by atoms with van der Waals surface area (Å²) in [6, 6.07) is 13.6. The topological polar surface area (TPSA) is 80.1 Å². The van der Waals surface area contributed by atoms with E-state index in [1.807, 2.05) is 11.0 Å². The molecule has 0 N–H and O–H groups in total. The van der Waals surface area contributed by atoms with Gasteiger partial charge in [-0.1, -0.05) is 29.8 Å². The molecule has 10 heteroatoms. The lowest BCUT2D eigenvalue weighted by atomic mass is 9.93. The number of carbonyl (C=O) groups excluding carboxylic acids is 1. The van der Waals surface area contributed by atoms with E-state index in [1.165, 1.54) is 17.2 Å². The van der Waals surface area contributed by atoms with Crippen LogP contribution in [0.2, 0.25) is 5.02 Å². The van der Waals surface area contributed by atoms with Crippen molar-refractivity contribution in [3.05, 3.63) is 92.6 Å². The third-order valence-corrected chi connectivity index (χ3v) is 8.37. The van der Waals surface area contributed by atoms with Crippen molar-refractivity contribution in [2.75, 3.05) is 59.0 Å². The second-order valence-electron chi connectivity index (χ2n) is 11.0. The van der Waals surface area contributed by atoms with E-state index in [0.29, 0.717) is 43.6 Å². The second-order valence-corrected chi connectivity index (χ2v) is 11.5. The number of hydrogen-bond donors (Lipinski definition) is 0. The molecule has 2 fully saturated rings. The molecule has 0 unspecified atom stereocenters. The summed E-state index contributed by atoms with van der Waals surface area (Å²) in [5.41, 5.74) is 5.38. The molecule has 9 nitrogen and oxygen atoms in total. The van der Waals surface area contributed by atoms with Crippen LogP contribution in [0.5, 0.6) is 5.75 Å². The minimum atomic E-state index is -0.117. The van der Waals surface area contributed by atoms with Crippen molar-refractivity contribution in [2.45, 2.75) is 26.0 Å². The molecule has 2 saturated heterocycles. The maximum atomic E-state index is 12.9. The summed E-state index contributed by atoms with van der Waals surface area (Å²) in [5, 5.41) is 0.573. The van der Waals surface area contributed by atoms with Gasteiger partial charge in [0.2, 0.25) is 5.91 Å². The van der Waals surface area contributed by atoms with Gasteiger partial charge in [-0.2, -0.15) is 0 Å². The molecule has 0 saturated carbocycles. The average Bonchev–Trinajstić information content (AvgIpc) is 3.02. The fraction of sp³-hybridized carbons (Fsp3) is 0.406. The number of fused-ring (bicyclic) bond motifs is 1. The third kappa shape index (κ3) is 7.10. The van der Waals surface area contributed by atoms with Crippen molar-refractivity contribution < 1.29 is 14.3 Å². The zero-order chi connectivity index (χ0) is 28.9. The fourth-order valence-electron chi connectivity index (χ4n) is 5.72. The Labute approximate surface area is 250 Å². The van der Waals surface area contributed by atoms with Crippen LogP contribution < -0.4 is 10.3 Å². The lowest BCUT2D eigenvalue weighted by Gasteiger charge is -2.36. The number of ether oxygens (including phenoxy) is 2. The lowest BCUT2D eigenvalue weighted by Crippen LogP contribution is -2.51. The van der Waals surface area contributed by atoms with E-state index < -0.39 is 0 Å². The number of aromatic nitrogens is 2. The Balaban J connectivity index is 1.02. The number of morpholine rings is 1. The number of hydrogen-bond acceptors (Lipinski definition) is 7. The van der Waals surface area contributed by atoms with Gasteiger partial charge < -0.3 is 14.4 Å². The molecule has 220 valence electrons. The summed E-state index contributed by atoms with van der Waals surface area (Å²) in [5.74, 6) is 0.728. The number of piperazine rings is 1. The Bertz CT molecular complexity index is 1490. The molecule has 6 rings (SSSR count). The van der Waals surface area contributed by atoms with E-state index in [2.05, 4.69) is 39.1 Å². The van der Waals surface area contributed by atoms with E-state index in [4.69, 9.17) is 21.1 Å². The molecule has 42 heavy (non-hydrogen) atoms. The van der Waals surface area contributed by atoms with Crippen molar-refractivity contribution in [2.24, 2.45) is 0 Å². The minimum absolute atomic E-state index is 0.117. The highest BCUT2D eigenvalue weighted by atomic mass is 35.5. The highest BCUT2D eigenvalue weighted by molar-refractivity contribution is 6.30. The SMILES string of the molecule is O=C(CN1CCN(Cc2ccc3c(c2)CCC(n2ccc(OCc4ccc(Cl)cn4)cc2=O)=C3)CC1)N1CCOCC1. The molecule has 3 aromatic rings. The molecule has 1 aromatic carbocycles. The van der Waals surface area contributed by atoms with Crippen molar-refractivity contribution in [1.82, 2.24) is 24.3 Å². The monoisotopic (exact) mass is 589 g/mol. The summed E-state index contributed by atoms with van der Waals surface area (Å²) in [6.45, 7) is 8.09. The number of allylic oxidation sites excluding steroid dienone is 1. The summed E-state index contributed by atoms with van der Waals surface area (Å²) >= 11 is 5.89. The largest absolute Gasteiger partial charge is 0.487 e. The minimum Gasteiger partial charge on any atom is -0.487 e. The summed E-state index contributed by atoms with van der Waals surface area (Å²) < 4.78 is 12.8. The highest BCUT2D eigenvalue weighted by Gasteiger charge is 2.23. The Morgan fingerprint density at radius 1 is 0.952 bits per heavy atom. The molecule has 2 aliphatic heterocycles. The van der Waals surface area contributed by atoms with Crippen molar-refractivity contribution in [1.29, 1.82) is 0 Å². The molecule has 0 atom stereocenters. The molecular weight excluding hydrogens is 554 g/mol. The number of carbonyl (C=O) groups is 1. The van der Waals surface area contributed by atoms with E-state index in [9.17, 15) is 9.59 Å². The van der Waals surface area contributed by atoms with Crippen molar-refractivity contribution in [3.8, 4) is 5.75 Å². The Hall–Kier alpha value is -3.50. The van der Waals surface area contributed by atoms with Crippen LogP contribution in [0.4, 0.5) is 0 Å². The van der Waals surface area contributed by atoms with Gasteiger partial charge in [0.25, 0.3) is 5.56 Å². The van der Waals surface area contributed by atoms with Crippen LogP contribution in [-0.2, 0) is 29.1 Å². The average molecular weight is 590 g/mol. The molecule has 0 radical (unpaired) electrons. The first-order valence-corrected chi connectivity index (χ1v) is 15.0. The van der Waals surface area contributed by atoms with Crippen LogP contribution in [0.25, 0.3) is 11.8 Å². The molecule has 3 aliphatic rings. The van der Waals surface area contributed by atoms with Crippen LogP contribution in [0.1, 0.15) is 28.8 Å². The Morgan fingerprint density at radius 3 is 2.52 bits per heavy atom. The number of nitrogens with zero attached hydrogens (tertiary/aromatic N) is 5. The summed E-state index contributed by atoms with van der Waals surface area (Å²) in [6.07, 6.45) is 7.16. The van der Waals surface area contributed by atoms with Crippen LogP contribution in [0, 0.1) is 0 Å². The molecule has 0 bridgehead atoms. The first kappa shape index (κ1) is 28.6. The van der Waals surface area contributed by atoms with Gasteiger partial charge in [-0.3, -0.25) is 28.9 Å². The van der Waals surface area contributed by atoms with E-state index in [0.717, 1.165) is 62.5 Å². The molecular formula is C32H36ClN5O4. The number of amides is 1. The Kier molecular flexibility index (Phi) is 9.00. The van der Waals surface area contributed by atoms with Gasteiger partial charge in [-0.15, -0.1) is 0 Å². The quantitative estimate of drug-likeness (QED) is 0.398. The lowest BCUT2D eigenvalue weighted by molar-refractivity contribution is -0.136. The van der Waals surface area contributed by atoms with Crippen LogP contribution >= 0.6 is 11.6 Å². The second kappa shape index (κ2) is 13.2. The van der Waals surface area contributed by atoms with Gasteiger partial charge in [0.15, 0.2) is 0 Å². The fourth-order valence-corrected chi connectivity index (χ4v) is 5.84. The number of pyridine rings is 2. The summed E-state index contributed by atoms with van der Waals surface area (Å²) in [7, 11) is 0. The number of benzene rings is 1.